The third-order valence-electron chi connectivity index (χ3n) is 2.59. The zero-order valence-corrected chi connectivity index (χ0v) is 10.6. The summed E-state index contributed by atoms with van der Waals surface area (Å²) in [4.78, 5) is 12.2. The number of nitrogens with one attached hydrogen (secondary N) is 1. The number of carbonyl (C=O) groups excluding carboxylic acids is 1. The van der Waals surface area contributed by atoms with Crippen molar-refractivity contribution in [2.75, 3.05) is 13.6 Å². The fourth-order valence-electron chi connectivity index (χ4n) is 1.62. The van der Waals surface area contributed by atoms with Crippen molar-refractivity contribution in [1.82, 2.24) is 5.32 Å². The smallest absolute Gasteiger partial charge is 0.168 e. The molecule has 0 aliphatic heterocycles. The number of likely N-dealkylation sites (N-methyl/N-ethyl adjacent to an activating group) is 1. The molecule has 88 valence electrons. The van der Waals surface area contributed by atoms with Crippen molar-refractivity contribution in [3.63, 3.8) is 0 Å². The average Bonchev–Trinajstić information content (AvgIpc) is 2.24. The Balaban J connectivity index is 2.99. The number of rotatable bonds is 4. The van der Waals surface area contributed by atoms with E-state index in [0.29, 0.717) is 0 Å². The van der Waals surface area contributed by atoms with E-state index in [1.54, 1.807) is 0 Å². The number of hydrogen-bond acceptors (Lipinski definition) is 2. The summed E-state index contributed by atoms with van der Waals surface area (Å²) in [5, 5.41) is 3.11. The highest BCUT2D eigenvalue weighted by atomic mass is 16.1. The summed E-state index contributed by atoms with van der Waals surface area (Å²) < 4.78 is 0. The Morgan fingerprint density at radius 1 is 1.25 bits per heavy atom. The van der Waals surface area contributed by atoms with E-state index in [-0.39, 0.29) is 11.2 Å². The Hall–Kier alpha value is -1.15. The van der Waals surface area contributed by atoms with Crippen molar-refractivity contribution in [3.8, 4) is 0 Å². The summed E-state index contributed by atoms with van der Waals surface area (Å²) >= 11 is 0. The van der Waals surface area contributed by atoms with Crippen LogP contribution in [0.15, 0.2) is 24.3 Å². The fraction of sp³-hybridized carbons (Fsp3) is 0.500. The predicted molar refractivity (Wildman–Crippen MR) is 67.9 cm³/mol. The molecule has 0 amide bonds. The molecule has 0 aliphatic rings. The predicted octanol–water partition coefficient (Wildman–Crippen LogP) is 2.68. The van der Waals surface area contributed by atoms with E-state index in [1.807, 2.05) is 52.1 Å². The van der Waals surface area contributed by atoms with Crippen molar-refractivity contribution >= 4 is 5.78 Å². The van der Waals surface area contributed by atoms with Crippen LogP contribution in [0.25, 0.3) is 0 Å². The minimum atomic E-state index is -0.310. The lowest BCUT2D eigenvalue weighted by atomic mass is 9.84. The van der Waals surface area contributed by atoms with Gasteiger partial charge in [0.05, 0.1) is 0 Å². The summed E-state index contributed by atoms with van der Waals surface area (Å²) in [6.07, 6.45) is 0.897. The number of ketones is 1. The quantitative estimate of drug-likeness (QED) is 0.789. The van der Waals surface area contributed by atoms with Crippen LogP contribution in [-0.4, -0.2) is 19.4 Å². The van der Waals surface area contributed by atoms with Gasteiger partial charge in [-0.1, -0.05) is 45.0 Å². The van der Waals surface area contributed by atoms with Gasteiger partial charge in [0.15, 0.2) is 5.78 Å². The highest BCUT2D eigenvalue weighted by Gasteiger charge is 2.24. The van der Waals surface area contributed by atoms with Gasteiger partial charge in [0.2, 0.25) is 0 Å². The van der Waals surface area contributed by atoms with Crippen molar-refractivity contribution in [3.05, 3.63) is 35.4 Å². The first-order chi connectivity index (χ1) is 7.46. The number of Topliss-reactive ketones (excluding diaryl/α,β-unsaturated/α-hetero) is 1. The molecule has 0 aromatic heterocycles. The molecule has 0 atom stereocenters. The van der Waals surface area contributed by atoms with E-state index in [0.717, 1.165) is 24.1 Å². The molecule has 2 heteroatoms. The van der Waals surface area contributed by atoms with E-state index in [9.17, 15) is 4.79 Å². The maximum absolute atomic E-state index is 12.2. The lowest BCUT2D eigenvalue weighted by molar-refractivity contribution is 0.0857. The Morgan fingerprint density at radius 2 is 1.88 bits per heavy atom. The molecule has 1 rings (SSSR count). The highest BCUT2D eigenvalue weighted by molar-refractivity contribution is 6.01. The summed E-state index contributed by atoms with van der Waals surface area (Å²) in [7, 11) is 1.92. The monoisotopic (exact) mass is 219 g/mol. The van der Waals surface area contributed by atoms with Gasteiger partial charge in [0.1, 0.15) is 0 Å². The summed E-state index contributed by atoms with van der Waals surface area (Å²) in [5.41, 5.74) is 1.69. The van der Waals surface area contributed by atoms with Crippen LogP contribution in [0.1, 0.15) is 36.7 Å². The van der Waals surface area contributed by atoms with Gasteiger partial charge in [-0.05, 0) is 25.6 Å². The lowest BCUT2D eigenvalue weighted by Crippen LogP contribution is -2.22. The van der Waals surface area contributed by atoms with Crippen LogP contribution < -0.4 is 5.32 Å². The molecular weight excluding hydrogens is 198 g/mol. The zero-order chi connectivity index (χ0) is 12.2. The maximum Gasteiger partial charge on any atom is 0.168 e. The van der Waals surface area contributed by atoms with E-state index < -0.39 is 0 Å². The van der Waals surface area contributed by atoms with Crippen LogP contribution in [0.4, 0.5) is 0 Å². The fourth-order valence-corrected chi connectivity index (χ4v) is 1.62. The first-order valence-electron chi connectivity index (χ1n) is 5.74. The Labute approximate surface area is 98.1 Å². The molecule has 0 unspecified atom stereocenters. The van der Waals surface area contributed by atoms with Crippen LogP contribution in [0.5, 0.6) is 0 Å². The Kier molecular flexibility index (Phi) is 4.25. The molecule has 0 saturated heterocycles. The van der Waals surface area contributed by atoms with Gasteiger partial charge in [-0.3, -0.25) is 4.79 Å². The minimum absolute atomic E-state index is 0.221. The van der Waals surface area contributed by atoms with Crippen LogP contribution >= 0.6 is 0 Å². The molecule has 0 bridgehead atoms. The SMILES string of the molecule is CNCCc1ccccc1C(=O)C(C)(C)C. The van der Waals surface area contributed by atoms with Gasteiger partial charge in [-0.25, -0.2) is 0 Å². The van der Waals surface area contributed by atoms with Crippen molar-refractivity contribution < 1.29 is 4.79 Å². The van der Waals surface area contributed by atoms with Gasteiger partial charge in [0.25, 0.3) is 0 Å². The standard InChI is InChI=1S/C14H21NO/c1-14(2,3)13(16)12-8-6-5-7-11(12)9-10-15-4/h5-8,15H,9-10H2,1-4H3. The summed E-state index contributed by atoms with van der Waals surface area (Å²) in [6, 6.07) is 7.89. The van der Waals surface area contributed by atoms with Crippen molar-refractivity contribution in [1.29, 1.82) is 0 Å². The van der Waals surface area contributed by atoms with Crippen LogP contribution in [0, 0.1) is 5.41 Å². The normalized spacial score (nSPS) is 11.5. The van der Waals surface area contributed by atoms with Gasteiger partial charge in [-0.15, -0.1) is 0 Å². The van der Waals surface area contributed by atoms with Gasteiger partial charge >= 0.3 is 0 Å². The second-order valence-electron chi connectivity index (χ2n) is 5.09. The summed E-state index contributed by atoms with van der Waals surface area (Å²) in [6.45, 7) is 6.78. The molecular formula is C14H21NO. The van der Waals surface area contributed by atoms with Gasteiger partial charge in [0, 0.05) is 11.0 Å². The van der Waals surface area contributed by atoms with E-state index >= 15 is 0 Å². The molecule has 0 fully saturated rings. The van der Waals surface area contributed by atoms with Crippen molar-refractivity contribution in [2.24, 2.45) is 5.41 Å². The van der Waals surface area contributed by atoms with Crippen molar-refractivity contribution in [2.45, 2.75) is 27.2 Å². The summed E-state index contributed by atoms with van der Waals surface area (Å²) in [5.74, 6) is 0.221. The van der Waals surface area contributed by atoms with Crippen LogP contribution in [0.2, 0.25) is 0 Å². The molecule has 1 aromatic carbocycles. The molecule has 0 radical (unpaired) electrons. The first-order valence-corrected chi connectivity index (χ1v) is 5.74. The molecule has 1 aromatic rings. The molecule has 2 nitrogen and oxygen atoms in total. The maximum atomic E-state index is 12.2. The van der Waals surface area contributed by atoms with E-state index in [1.165, 1.54) is 0 Å². The highest BCUT2D eigenvalue weighted by Crippen LogP contribution is 2.23. The number of benzene rings is 1. The molecule has 0 saturated carbocycles. The van der Waals surface area contributed by atoms with Gasteiger partial charge < -0.3 is 5.32 Å². The Morgan fingerprint density at radius 3 is 2.44 bits per heavy atom. The molecule has 1 N–H and O–H groups in total. The first kappa shape index (κ1) is 12.9. The number of hydrogen-bond donors (Lipinski definition) is 1. The Bertz CT molecular complexity index is 363. The topological polar surface area (TPSA) is 29.1 Å². The molecule has 0 heterocycles. The largest absolute Gasteiger partial charge is 0.319 e. The molecule has 0 spiro atoms. The minimum Gasteiger partial charge on any atom is -0.319 e. The zero-order valence-electron chi connectivity index (χ0n) is 10.6. The van der Waals surface area contributed by atoms with Crippen LogP contribution in [-0.2, 0) is 6.42 Å². The van der Waals surface area contributed by atoms with Gasteiger partial charge in [-0.2, -0.15) is 0 Å². The second-order valence-corrected chi connectivity index (χ2v) is 5.09. The third-order valence-corrected chi connectivity index (χ3v) is 2.59. The third kappa shape index (κ3) is 3.17. The average molecular weight is 219 g/mol. The van der Waals surface area contributed by atoms with E-state index in [2.05, 4.69) is 5.32 Å². The van der Waals surface area contributed by atoms with E-state index in [4.69, 9.17) is 0 Å². The van der Waals surface area contributed by atoms with Crippen LogP contribution in [0.3, 0.4) is 0 Å². The number of carbonyl (C=O) groups is 1. The molecule has 16 heavy (non-hydrogen) atoms. The molecule has 0 aliphatic carbocycles. The second kappa shape index (κ2) is 5.26. The lowest BCUT2D eigenvalue weighted by Gasteiger charge is -2.19.